The van der Waals surface area contributed by atoms with Crippen molar-refractivity contribution in [3.63, 3.8) is 0 Å². The smallest absolute Gasteiger partial charge is 0.0685 e. The number of rotatable bonds is 6. The molecule has 0 radical (unpaired) electrons. The summed E-state index contributed by atoms with van der Waals surface area (Å²) in [6.45, 7) is 6.76. The average molecular weight is 267 g/mol. The molecule has 1 saturated heterocycles. The molecular weight excluding hydrogens is 234 g/mol. The first kappa shape index (κ1) is 15.3. The zero-order valence-corrected chi connectivity index (χ0v) is 13.0. The highest BCUT2D eigenvalue weighted by Crippen LogP contribution is 2.42. The van der Waals surface area contributed by atoms with Crippen molar-refractivity contribution in [1.29, 1.82) is 0 Å². The molecule has 0 aromatic rings. The van der Waals surface area contributed by atoms with Gasteiger partial charge in [-0.05, 0) is 51.0 Å². The Morgan fingerprint density at radius 1 is 1.16 bits per heavy atom. The van der Waals surface area contributed by atoms with Gasteiger partial charge in [0.25, 0.3) is 0 Å². The van der Waals surface area contributed by atoms with Gasteiger partial charge in [-0.3, -0.25) is 0 Å². The molecule has 112 valence electrons. The fourth-order valence-corrected chi connectivity index (χ4v) is 4.10. The van der Waals surface area contributed by atoms with Gasteiger partial charge in [-0.15, -0.1) is 0 Å². The van der Waals surface area contributed by atoms with Crippen LogP contribution in [0.15, 0.2) is 0 Å². The second-order valence-electron chi connectivity index (χ2n) is 6.69. The normalized spacial score (nSPS) is 28.4. The maximum atomic E-state index is 6.24. The highest BCUT2D eigenvalue weighted by molar-refractivity contribution is 4.93. The molecule has 0 bridgehead atoms. The number of nitrogens with one attached hydrogen (secondary N) is 1. The Morgan fingerprint density at radius 2 is 1.95 bits per heavy atom. The van der Waals surface area contributed by atoms with Crippen LogP contribution < -0.4 is 5.32 Å². The fourth-order valence-electron chi connectivity index (χ4n) is 4.10. The molecule has 1 N–H and O–H groups in total. The van der Waals surface area contributed by atoms with Gasteiger partial charge in [0.2, 0.25) is 0 Å². The summed E-state index contributed by atoms with van der Waals surface area (Å²) in [6.07, 6.45) is 13.3. The molecule has 1 spiro atoms. The molecule has 2 fully saturated rings. The third-order valence-electron chi connectivity index (χ3n) is 5.12. The molecule has 2 heteroatoms. The lowest BCUT2D eigenvalue weighted by Crippen LogP contribution is -2.47. The summed E-state index contributed by atoms with van der Waals surface area (Å²) >= 11 is 0. The van der Waals surface area contributed by atoms with E-state index in [2.05, 4.69) is 19.2 Å². The topological polar surface area (TPSA) is 21.3 Å². The maximum Gasteiger partial charge on any atom is 0.0685 e. The van der Waals surface area contributed by atoms with Crippen LogP contribution in [0.3, 0.4) is 0 Å². The number of hydrogen-bond acceptors (Lipinski definition) is 2. The molecule has 2 aliphatic rings. The molecule has 2 rings (SSSR count). The van der Waals surface area contributed by atoms with E-state index in [9.17, 15) is 0 Å². The Morgan fingerprint density at radius 3 is 2.63 bits per heavy atom. The standard InChI is InChI=1S/C17H33NO/c1-3-8-16(18-12-4-2)15-9-13-19-17(14-15)10-6-5-7-11-17/h15-16,18H,3-14H2,1-2H3. The van der Waals surface area contributed by atoms with Crippen LogP contribution in [-0.2, 0) is 4.74 Å². The molecule has 0 amide bonds. The molecule has 1 heterocycles. The summed E-state index contributed by atoms with van der Waals surface area (Å²) in [7, 11) is 0. The maximum absolute atomic E-state index is 6.24. The van der Waals surface area contributed by atoms with Crippen molar-refractivity contribution < 1.29 is 4.74 Å². The van der Waals surface area contributed by atoms with Crippen molar-refractivity contribution >= 4 is 0 Å². The van der Waals surface area contributed by atoms with E-state index in [0.29, 0.717) is 0 Å². The molecule has 1 aliphatic carbocycles. The Bertz CT molecular complexity index is 242. The van der Waals surface area contributed by atoms with Crippen LogP contribution in [0.2, 0.25) is 0 Å². The molecule has 19 heavy (non-hydrogen) atoms. The first-order valence-corrected chi connectivity index (χ1v) is 8.67. The second kappa shape index (κ2) is 7.64. The van der Waals surface area contributed by atoms with Gasteiger partial charge in [0.05, 0.1) is 5.60 Å². The van der Waals surface area contributed by atoms with Crippen molar-refractivity contribution in [3.05, 3.63) is 0 Å². The quantitative estimate of drug-likeness (QED) is 0.775. The molecular formula is C17H33NO. The van der Waals surface area contributed by atoms with Crippen LogP contribution in [-0.4, -0.2) is 24.8 Å². The monoisotopic (exact) mass is 267 g/mol. The third-order valence-corrected chi connectivity index (χ3v) is 5.12. The minimum Gasteiger partial charge on any atom is -0.375 e. The van der Waals surface area contributed by atoms with Gasteiger partial charge in [0.1, 0.15) is 0 Å². The second-order valence-corrected chi connectivity index (χ2v) is 6.69. The molecule has 0 aromatic heterocycles. The Kier molecular flexibility index (Phi) is 6.15. The van der Waals surface area contributed by atoms with Crippen LogP contribution in [0.25, 0.3) is 0 Å². The van der Waals surface area contributed by atoms with Crippen LogP contribution >= 0.6 is 0 Å². The van der Waals surface area contributed by atoms with Gasteiger partial charge in [-0.25, -0.2) is 0 Å². The number of ether oxygens (including phenoxy) is 1. The highest BCUT2D eigenvalue weighted by Gasteiger charge is 2.40. The van der Waals surface area contributed by atoms with E-state index in [4.69, 9.17) is 4.74 Å². The summed E-state index contributed by atoms with van der Waals surface area (Å²) in [6, 6.07) is 0.729. The fraction of sp³-hybridized carbons (Fsp3) is 1.00. The minimum absolute atomic E-state index is 0.265. The van der Waals surface area contributed by atoms with Crippen molar-refractivity contribution in [1.82, 2.24) is 5.32 Å². The first-order chi connectivity index (χ1) is 9.29. The van der Waals surface area contributed by atoms with E-state index in [0.717, 1.165) is 18.6 Å². The average Bonchev–Trinajstić information content (AvgIpc) is 2.44. The van der Waals surface area contributed by atoms with Gasteiger partial charge in [-0.1, -0.05) is 39.5 Å². The van der Waals surface area contributed by atoms with E-state index >= 15 is 0 Å². The van der Waals surface area contributed by atoms with Crippen LogP contribution in [0, 0.1) is 5.92 Å². The van der Waals surface area contributed by atoms with Crippen molar-refractivity contribution in [2.45, 2.75) is 89.7 Å². The lowest BCUT2D eigenvalue weighted by molar-refractivity contribution is -0.122. The molecule has 0 aromatic carbocycles. The van der Waals surface area contributed by atoms with E-state index in [1.165, 1.54) is 70.8 Å². The Labute approximate surface area is 119 Å². The minimum atomic E-state index is 0.265. The Balaban J connectivity index is 1.93. The van der Waals surface area contributed by atoms with Gasteiger partial charge >= 0.3 is 0 Å². The zero-order chi connectivity index (χ0) is 13.6. The first-order valence-electron chi connectivity index (χ1n) is 8.67. The third kappa shape index (κ3) is 4.19. The van der Waals surface area contributed by atoms with E-state index in [-0.39, 0.29) is 5.60 Å². The predicted molar refractivity (Wildman–Crippen MR) is 81.5 cm³/mol. The number of hydrogen-bond donors (Lipinski definition) is 1. The van der Waals surface area contributed by atoms with Gasteiger partial charge < -0.3 is 10.1 Å². The van der Waals surface area contributed by atoms with E-state index in [1.807, 2.05) is 0 Å². The summed E-state index contributed by atoms with van der Waals surface area (Å²) < 4.78 is 6.24. The van der Waals surface area contributed by atoms with E-state index in [1.54, 1.807) is 0 Å². The van der Waals surface area contributed by atoms with Crippen molar-refractivity contribution in [2.75, 3.05) is 13.2 Å². The molecule has 1 saturated carbocycles. The van der Waals surface area contributed by atoms with Crippen LogP contribution in [0.5, 0.6) is 0 Å². The van der Waals surface area contributed by atoms with Crippen molar-refractivity contribution in [3.8, 4) is 0 Å². The zero-order valence-electron chi connectivity index (χ0n) is 13.0. The molecule has 2 atom stereocenters. The summed E-state index contributed by atoms with van der Waals surface area (Å²) in [5, 5.41) is 3.81. The lowest BCUT2D eigenvalue weighted by atomic mass is 9.73. The highest BCUT2D eigenvalue weighted by atomic mass is 16.5. The molecule has 1 aliphatic heterocycles. The largest absolute Gasteiger partial charge is 0.375 e. The summed E-state index contributed by atoms with van der Waals surface area (Å²) in [5.74, 6) is 0.846. The molecule has 2 unspecified atom stereocenters. The lowest BCUT2D eigenvalue weighted by Gasteiger charge is -2.45. The van der Waals surface area contributed by atoms with Crippen molar-refractivity contribution in [2.24, 2.45) is 5.92 Å². The SMILES string of the molecule is CCCNC(CCC)C1CCOC2(CCCCC2)C1. The van der Waals surface area contributed by atoms with Crippen LogP contribution in [0.4, 0.5) is 0 Å². The summed E-state index contributed by atoms with van der Waals surface area (Å²) in [4.78, 5) is 0. The van der Waals surface area contributed by atoms with Gasteiger partial charge in [0.15, 0.2) is 0 Å². The van der Waals surface area contributed by atoms with Crippen LogP contribution in [0.1, 0.15) is 78.1 Å². The molecule has 2 nitrogen and oxygen atoms in total. The summed E-state index contributed by atoms with van der Waals surface area (Å²) in [5.41, 5.74) is 0.265. The van der Waals surface area contributed by atoms with E-state index < -0.39 is 0 Å². The van der Waals surface area contributed by atoms with Gasteiger partial charge in [-0.2, -0.15) is 0 Å². The Hall–Kier alpha value is -0.0800. The van der Waals surface area contributed by atoms with Gasteiger partial charge in [0, 0.05) is 12.6 Å². The predicted octanol–water partition coefficient (Wildman–Crippen LogP) is 4.28.